The van der Waals surface area contributed by atoms with Gasteiger partial charge in [-0.3, -0.25) is 9.59 Å². The molecule has 0 aliphatic carbocycles. The maximum atomic E-state index is 12.6. The molecule has 2 aromatic rings. The van der Waals surface area contributed by atoms with E-state index >= 15 is 0 Å². The highest BCUT2D eigenvalue weighted by atomic mass is 16.5. The van der Waals surface area contributed by atoms with Crippen molar-refractivity contribution >= 4 is 23.6 Å². The highest BCUT2D eigenvalue weighted by molar-refractivity contribution is 6.10. The van der Waals surface area contributed by atoms with Crippen LogP contribution in [-0.4, -0.2) is 50.1 Å². The summed E-state index contributed by atoms with van der Waals surface area (Å²) in [5.74, 6) is 0.739. The van der Waals surface area contributed by atoms with Gasteiger partial charge in [-0.05, 0) is 55.7 Å². The van der Waals surface area contributed by atoms with Crippen molar-refractivity contribution in [1.29, 1.82) is 5.26 Å². The number of methoxy groups -OCH3 is 1. The van der Waals surface area contributed by atoms with Crippen LogP contribution in [0.1, 0.15) is 25.3 Å². The number of hydrogen-bond donors (Lipinski definition) is 1. The number of para-hydroxylation sites is 2. The van der Waals surface area contributed by atoms with Gasteiger partial charge in [0, 0.05) is 13.1 Å². The lowest BCUT2D eigenvalue weighted by Crippen LogP contribution is -2.32. The average molecular weight is 450 g/mol. The fourth-order valence-electron chi connectivity index (χ4n) is 3.45. The zero-order valence-corrected chi connectivity index (χ0v) is 18.8. The predicted octanol–water partition coefficient (Wildman–Crippen LogP) is 3.64. The lowest BCUT2D eigenvalue weighted by molar-refractivity contribution is -0.132. The smallest absolute Gasteiger partial charge is 0.266 e. The van der Waals surface area contributed by atoms with Crippen molar-refractivity contribution in [2.75, 3.05) is 38.7 Å². The summed E-state index contributed by atoms with van der Waals surface area (Å²) in [6, 6.07) is 13.9. The Kier molecular flexibility index (Phi) is 8.30. The van der Waals surface area contributed by atoms with Gasteiger partial charge in [0.25, 0.3) is 11.8 Å². The molecule has 2 aromatic carbocycles. The van der Waals surface area contributed by atoms with Crippen molar-refractivity contribution in [2.24, 2.45) is 0 Å². The van der Waals surface area contributed by atoms with Gasteiger partial charge in [0.15, 0.2) is 18.1 Å². The first-order chi connectivity index (χ1) is 16.0. The number of benzene rings is 2. The Labute approximate surface area is 193 Å². The summed E-state index contributed by atoms with van der Waals surface area (Å²) >= 11 is 0. The Hall–Kier alpha value is -3.99. The summed E-state index contributed by atoms with van der Waals surface area (Å²) in [4.78, 5) is 26.7. The van der Waals surface area contributed by atoms with Gasteiger partial charge in [0.05, 0.1) is 19.4 Å². The molecule has 0 radical (unpaired) electrons. The first-order valence-electron chi connectivity index (χ1n) is 10.8. The maximum absolute atomic E-state index is 12.6. The summed E-state index contributed by atoms with van der Waals surface area (Å²) < 4.78 is 16.6. The number of anilines is 1. The van der Waals surface area contributed by atoms with Crippen LogP contribution < -0.4 is 19.5 Å². The molecule has 1 fully saturated rings. The Morgan fingerprint density at radius 1 is 1.09 bits per heavy atom. The van der Waals surface area contributed by atoms with E-state index in [-0.39, 0.29) is 18.1 Å². The highest BCUT2D eigenvalue weighted by Crippen LogP contribution is 2.30. The molecule has 0 bridgehead atoms. The number of amides is 2. The molecule has 0 unspecified atom stereocenters. The SMILES string of the molecule is CCOc1cc(/C=C(\C#N)C(=O)Nc2ccccc2OC)ccc1OCC(=O)N1CCCC1. The minimum absolute atomic E-state index is 0.0568. The Bertz CT molecular complexity index is 1070. The largest absolute Gasteiger partial charge is 0.495 e. The second-order valence-corrected chi connectivity index (χ2v) is 7.34. The van der Waals surface area contributed by atoms with Crippen molar-refractivity contribution in [3.8, 4) is 23.3 Å². The van der Waals surface area contributed by atoms with Crippen molar-refractivity contribution in [1.82, 2.24) is 4.90 Å². The quantitative estimate of drug-likeness (QED) is 0.463. The molecule has 0 atom stereocenters. The fraction of sp³-hybridized carbons (Fsp3) is 0.320. The van der Waals surface area contributed by atoms with Gasteiger partial charge < -0.3 is 24.4 Å². The van der Waals surface area contributed by atoms with Crippen LogP contribution in [0.2, 0.25) is 0 Å². The van der Waals surface area contributed by atoms with E-state index in [0.29, 0.717) is 35.1 Å². The number of rotatable bonds is 9. The van der Waals surface area contributed by atoms with Crippen LogP contribution in [0, 0.1) is 11.3 Å². The van der Waals surface area contributed by atoms with E-state index in [4.69, 9.17) is 14.2 Å². The number of ether oxygens (including phenoxy) is 3. The average Bonchev–Trinajstić information content (AvgIpc) is 3.37. The first-order valence-corrected chi connectivity index (χ1v) is 10.8. The van der Waals surface area contributed by atoms with Gasteiger partial charge in [-0.15, -0.1) is 0 Å². The van der Waals surface area contributed by atoms with Crippen LogP contribution >= 0.6 is 0 Å². The molecule has 0 spiro atoms. The van der Waals surface area contributed by atoms with Crippen LogP contribution in [-0.2, 0) is 9.59 Å². The van der Waals surface area contributed by atoms with Crippen LogP contribution in [0.5, 0.6) is 17.2 Å². The molecular weight excluding hydrogens is 422 g/mol. The van der Waals surface area contributed by atoms with Gasteiger partial charge in [-0.1, -0.05) is 18.2 Å². The second kappa shape index (κ2) is 11.6. The Balaban J connectivity index is 1.75. The van der Waals surface area contributed by atoms with E-state index in [9.17, 15) is 14.9 Å². The monoisotopic (exact) mass is 449 g/mol. The molecule has 0 saturated carbocycles. The van der Waals surface area contributed by atoms with Crippen LogP contribution in [0.25, 0.3) is 6.08 Å². The van der Waals surface area contributed by atoms with Crippen LogP contribution in [0.15, 0.2) is 48.0 Å². The van der Waals surface area contributed by atoms with Crippen molar-refractivity contribution < 1.29 is 23.8 Å². The molecule has 8 nitrogen and oxygen atoms in total. The molecule has 1 aliphatic rings. The molecule has 1 N–H and O–H groups in total. The number of nitriles is 1. The molecular formula is C25H27N3O5. The van der Waals surface area contributed by atoms with E-state index < -0.39 is 5.91 Å². The molecule has 1 heterocycles. The number of hydrogen-bond acceptors (Lipinski definition) is 6. The molecule has 33 heavy (non-hydrogen) atoms. The van der Waals surface area contributed by atoms with Crippen molar-refractivity contribution in [3.05, 3.63) is 53.6 Å². The summed E-state index contributed by atoms with van der Waals surface area (Å²) in [6.07, 6.45) is 3.50. The fourth-order valence-corrected chi connectivity index (χ4v) is 3.45. The minimum Gasteiger partial charge on any atom is -0.495 e. The lowest BCUT2D eigenvalue weighted by Gasteiger charge is -2.17. The van der Waals surface area contributed by atoms with E-state index in [2.05, 4.69) is 5.32 Å². The van der Waals surface area contributed by atoms with Crippen molar-refractivity contribution in [2.45, 2.75) is 19.8 Å². The minimum atomic E-state index is -0.559. The molecule has 1 aliphatic heterocycles. The summed E-state index contributed by atoms with van der Waals surface area (Å²) in [5, 5.41) is 12.2. The van der Waals surface area contributed by atoms with Gasteiger partial charge in [0.2, 0.25) is 0 Å². The molecule has 2 amide bonds. The summed E-state index contributed by atoms with van der Waals surface area (Å²) in [7, 11) is 1.50. The molecule has 8 heteroatoms. The van der Waals surface area contributed by atoms with Gasteiger partial charge in [-0.2, -0.15) is 5.26 Å². The van der Waals surface area contributed by atoms with Crippen LogP contribution in [0.3, 0.4) is 0 Å². The zero-order chi connectivity index (χ0) is 23.6. The third kappa shape index (κ3) is 6.26. The number of nitrogens with one attached hydrogen (secondary N) is 1. The van der Waals surface area contributed by atoms with E-state index in [1.54, 1.807) is 47.4 Å². The Morgan fingerprint density at radius 3 is 2.55 bits per heavy atom. The lowest BCUT2D eigenvalue weighted by atomic mass is 10.1. The number of nitrogens with zero attached hydrogens (tertiary/aromatic N) is 2. The van der Waals surface area contributed by atoms with Gasteiger partial charge in [0.1, 0.15) is 17.4 Å². The highest BCUT2D eigenvalue weighted by Gasteiger charge is 2.19. The number of carbonyl (C=O) groups excluding carboxylic acids is 2. The Morgan fingerprint density at radius 2 is 1.85 bits per heavy atom. The normalized spacial score (nSPS) is 13.2. The molecule has 172 valence electrons. The third-order valence-electron chi connectivity index (χ3n) is 5.11. The topological polar surface area (TPSA) is 101 Å². The standard InChI is InChI=1S/C25H27N3O5/c1-3-32-23-15-18(10-11-22(23)33-17-24(29)28-12-6-7-13-28)14-19(16-26)25(30)27-20-8-4-5-9-21(20)31-2/h4-5,8-11,14-15H,3,6-7,12-13,17H2,1-2H3,(H,27,30)/b19-14+. The molecule has 0 aromatic heterocycles. The van der Waals surface area contributed by atoms with Gasteiger partial charge in [-0.25, -0.2) is 0 Å². The van der Waals surface area contributed by atoms with E-state index in [0.717, 1.165) is 25.9 Å². The number of likely N-dealkylation sites (tertiary alicyclic amines) is 1. The predicted molar refractivity (Wildman–Crippen MR) is 124 cm³/mol. The summed E-state index contributed by atoms with van der Waals surface area (Å²) in [6.45, 7) is 3.68. The van der Waals surface area contributed by atoms with Crippen molar-refractivity contribution in [3.63, 3.8) is 0 Å². The van der Waals surface area contributed by atoms with Crippen LogP contribution in [0.4, 0.5) is 5.69 Å². The third-order valence-corrected chi connectivity index (χ3v) is 5.11. The molecule has 3 rings (SSSR count). The maximum Gasteiger partial charge on any atom is 0.266 e. The molecule has 1 saturated heterocycles. The van der Waals surface area contributed by atoms with E-state index in [1.165, 1.54) is 13.2 Å². The first kappa shape index (κ1) is 23.7. The summed E-state index contributed by atoms with van der Waals surface area (Å²) in [5.41, 5.74) is 0.970. The van der Waals surface area contributed by atoms with E-state index in [1.807, 2.05) is 13.0 Å². The zero-order valence-electron chi connectivity index (χ0n) is 18.8. The van der Waals surface area contributed by atoms with Gasteiger partial charge >= 0.3 is 0 Å². The number of carbonyl (C=O) groups is 2. The second-order valence-electron chi connectivity index (χ2n) is 7.34.